The Bertz CT molecular complexity index is 620. The first kappa shape index (κ1) is 15.4. The van der Waals surface area contributed by atoms with E-state index in [9.17, 15) is 4.79 Å². The predicted molar refractivity (Wildman–Crippen MR) is 86.1 cm³/mol. The van der Waals surface area contributed by atoms with Gasteiger partial charge in [-0.3, -0.25) is 0 Å². The van der Waals surface area contributed by atoms with Gasteiger partial charge >= 0.3 is 6.16 Å². The van der Waals surface area contributed by atoms with Crippen molar-refractivity contribution in [1.29, 1.82) is 0 Å². The molecule has 1 N–H and O–H groups in total. The molecule has 0 aliphatic carbocycles. The van der Waals surface area contributed by atoms with E-state index >= 15 is 0 Å². The minimum Gasteiger partial charge on any atom is -0.450 e. The molecule has 2 aromatic rings. The average Bonchev–Trinajstić information content (AvgIpc) is 2.45. The number of aryl methyl sites for hydroxylation is 1. The molecule has 21 heavy (non-hydrogen) atoms. The molecular weight excluding hydrogens is 284 g/mol. The van der Waals surface area contributed by atoms with Crippen LogP contribution in [-0.2, 0) is 15.6 Å². The first-order valence-electron chi connectivity index (χ1n) is 6.61. The second-order valence-electron chi connectivity index (χ2n) is 5.01. The maximum Gasteiger partial charge on any atom is 0.506 e. The molecule has 0 radical (unpaired) electrons. The molecular formula is C17H19O3S+. The lowest BCUT2D eigenvalue weighted by molar-refractivity contribution is 0.0661. The van der Waals surface area contributed by atoms with Gasteiger partial charge in [0.05, 0.1) is 0 Å². The number of carboxylic acid groups (broad SMARTS) is 1. The van der Waals surface area contributed by atoms with Gasteiger partial charge in [-0.1, -0.05) is 24.3 Å². The molecule has 0 amide bonds. The number of benzene rings is 2. The average molecular weight is 303 g/mol. The van der Waals surface area contributed by atoms with Crippen molar-refractivity contribution in [2.75, 3.05) is 12.5 Å². The maximum atomic E-state index is 11.0. The van der Waals surface area contributed by atoms with Crippen molar-refractivity contribution >= 4 is 17.1 Å². The zero-order valence-corrected chi connectivity index (χ0v) is 13.2. The van der Waals surface area contributed by atoms with Crippen LogP contribution >= 0.6 is 0 Å². The van der Waals surface area contributed by atoms with Crippen molar-refractivity contribution in [3.8, 4) is 0 Å². The molecule has 0 bridgehead atoms. The van der Waals surface area contributed by atoms with Crippen molar-refractivity contribution in [1.82, 2.24) is 0 Å². The van der Waals surface area contributed by atoms with Gasteiger partial charge in [0.1, 0.15) is 12.5 Å². The molecule has 2 rings (SSSR count). The summed E-state index contributed by atoms with van der Waals surface area (Å²) in [6.45, 7) is 1.96. The molecule has 0 saturated heterocycles. The van der Waals surface area contributed by atoms with Crippen LogP contribution in [0.15, 0.2) is 53.4 Å². The van der Waals surface area contributed by atoms with Gasteiger partial charge in [0.2, 0.25) is 0 Å². The lowest BCUT2D eigenvalue weighted by atomic mass is 9.97. The summed E-state index contributed by atoms with van der Waals surface area (Å²) in [5, 5.41) is 9.02. The zero-order chi connectivity index (χ0) is 15.4. The van der Waals surface area contributed by atoms with Crippen LogP contribution in [0.4, 0.5) is 4.79 Å². The van der Waals surface area contributed by atoms with Crippen LogP contribution in [-0.4, -0.2) is 23.8 Å². The second-order valence-corrected chi connectivity index (χ2v) is 7.11. The van der Waals surface area contributed by atoms with E-state index in [1.165, 1.54) is 4.90 Å². The number of ether oxygens (including phenoxy) is 1. The Kier molecular flexibility index (Phi) is 4.91. The van der Waals surface area contributed by atoms with E-state index < -0.39 is 12.3 Å². The van der Waals surface area contributed by atoms with Crippen LogP contribution in [0.3, 0.4) is 0 Å². The summed E-state index contributed by atoms with van der Waals surface area (Å²) < 4.78 is 5.12. The fourth-order valence-corrected chi connectivity index (χ4v) is 2.89. The molecule has 0 fully saturated rings. The van der Waals surface area contributed by atoms with E-state index in [0.717, 1.165) is 16.7 Å². The molecule has 0 heterocycles. The summed E-state index contributed by atoms with van der Waals surface area (Å²) in [5.74, 6) is 0. The standard InChI is InChI=1S/C17H18O3S/c1-12-6-4-5-7-15(12)16(20-17(18)19)13-8-10-14(11-9-13)21(2)3/h4-11,16H,1-3H3/p+1. The Morgan fingerprint density at radius 1 is 1.10 bits per heavy atom. The topological polar surface area (TPSA) is 46.5 Å². The van der Waals surface area contributed by atoms with E-state index in [2.05, 4.69) is 12.5 Å². The van der Waals surface area contributed by atoms with Crippen molar-refractivity contribution < 1.29 is 14.6 Å². The Balaban J connectivity index is 2.41. The van der Waals surface area contributed by atoms with Gasteiger partial charge in [-0.25, -0.2) is 4.79 Å². The maximum absolute atomic E-state index is 11.0. The van der Waals surface area contributed by atoms with Gasteiger partial charge in [0.15, 0.2) is 11.0 Å². The molecule has 0 aliphatic rings. The summed E-state index contributed by atoms with van der Waals surface area (Å²) >= 11 is 0. The van der Waals surface area contributed by atoms with Gasteiger partial charge in [-0.05, 0) is 42.3 Å². The lowest BCUT2D eigenvalue weighted by Crippen LogP contribution is -2.12. The summed E-state index contributed by atoms with van der Waals surface area (Å²) in [7, 11) is 0.183. The number of carbonyl (C=O) groups is 1. The highest BCUT2D eigenvalue weighted by atomic mass is 32.2. The van der Waals surface area contributed by atoms with E-state index in [4.69, 9.17) is 9.84 Å². The Hall–Kier alpha value is -1.94. The van der Waals surface area contributed by atoms with Gasteiger partial charge in [-0.15, -0.1) is 0 Å². The number of hydrogen-bond acceptors (Lipinski definition) is 2. The zero-order valence-electron chi connectivity index (χ0n) is 12.4. The first-order valence-corrected chi connectivity index (χ1v) is 8.66. The van der Waals surface area contributed by atoms with Crippen LogP contribution in [0.1, 0.15) is 22.8 Å². The van der Waals surface area contributed by atoms with E-state index in [-0.39, 0.29) is 10.9 Å². The highest BCUT2D eigenvalue weighted by molar-refractivity contribution is 7.95. The Morgan fingerprint density at radius 3 is 2.24 bits per heavy atom. The molecule has 0 aliphatic heterocycles. The van der Waals surface area contributed by atoms with Crippen molar-refractivity contribution in [3.05, 3.63) is 65.2 Å². The normalized spacial score (nSPS) is 12.2. The summed E-state index contributed by atoms with van der Waals surface area (Å²) in [4.78, 5) is 12.3. The molecule has 0 aromatic heterocycles. The van der Waals surface area contributed by atoms with Crippen molar-refractivity contribution in [3.63, 3.8) is 0 Å². The molecule has 4 heteroatoms. The fraction of sp³-hybridized carbons (Fsp3) is 0.235. The van der Waals surface area contributed by atoms with Gasteiger partial charge < -0.3 is 9.84 Å². The minimum atomic E-state index is -1.27. The molecule has 1 unspecified atom stereocenters. The largest absolute Gasteiger partial charge is 0.506 e. The predicted octanol–water partition coefficient (Wildman–Crippen LogP) is 4.02. The third-order valence-corrected chi connectivity index (χ3v) is 4.56. The van der Waals surface area contributed by atoms with Crippen molar-refractivity contribution in [2.45, 2.75) is 17.9 Å². The molecule has 1 atom stereocenters. The number of rotatable bonds is 4. The quantitative estimate of drug-likeness (QED) is 0.685. The number of hydrogen-bond donors (Lipinski definition) is 1. The second kappa shape index (κ2) is 6.68. The van der Waals surface area contributed by atoms with Gasteiger partial charge in [-0.2, -0.15) is 0 Å². The first-order chi connectivity index (χ1) is 9.99. The van der Waals surface area contributed by atoms with Crippen molar-refractivity contribution in [2.24, 2.45) is 0 Å². The smallest absolute Gasteiger partial charge is 0.450 e. The molecule has 0 saturated carbocycles. The van der Waals surface area contributed by atoms with Crippen LogP contribution in [0.5, 0.6) is 0 Å². The summed E-state index contributed by atoms with van der Waals surface area (Å²) in [6, 6.07) is 15.6. The minimum absolute atomic E-state index is 0.183. The van der Waals surface area contributed by atoms with E-state index in [1.807, 2.05) is 55.5 Å². The van der Waals surface area contributed by atoms with E-state index in [1.54, 1.807) is 0 Å². The van der Waals surface area contributed by atoms with Gasteiger partial charge in [0.25, 0.3) is 0 Å². The Labute approximate surface area is 127 Å². The molecule has 110 valence electrons. The Morgan fingerprint density at radius 2 is 1.71 bits per heavy atom. The third kappa shape index (κ3) is 3.79. The summed E-state index contributed by atoms with van der Waals surface area (Å²) in [6.07, 6.45) is 2.45. The molecule has 2 aromatic carbocycles. The summed E-state index contributed by atoms with van der Waals surface area (Å²) in [5.41, 5.74) is 2.74. The highest BCUT2D eigenvalue weighted by Crippen LogP contribution is 2.29. The van der Waals surface area contributed by atoms with Crippen LogP contribution in [0, 0.1) is 6.92 Å². The van der Waals surface area contributed by atoms with Gasteiger partial charge in [0, 0.05) is 16.5 Å². The highest BCUT2D eigenvalue weighted by Gasteiger charge is 2.21. The molecule has 0 spiro atoms. The fourth-order valence-electron chi connectivity index (χ4n) is 2.21. The van der Waals surface area contributed by atoms with Crippen LogP contribution < -0.4 is 0 Å². The van der Waals surface area contributed by atoms with Crippen LogP contribution in [0.25, 0.3) is 0 Å². The van der Waals surface area contributed by atoms with E-state index in [0.29, 0.717) is 0 Å². The third-order valence-electron chi connectivity index (χ3n) is 3.34. The molecule has 3 nitrogen and oxygen atoms in total. The van der Waals surface area contributed by atoms with Crippen LogP contribution in [0.2, 0.25) is 0 Å². The lowest BCUT2D eigenvalue weighted by Gasteiger charge is -2.18. The monoisotopic (exact) mass is 303 g/mol. The SMILES string of the molecule is Cc1ccccc1C(OC(=O)O)c1ccc([S+](C)C)cc1.